The maximum absolute atomic E-state index is 13.6. The second-order valence-electron chi connectivity index (χ2n) is 8.27. The molecule has 198 valence electrons. The highest BCUT2D eigenvalue weighted by atomic mass is 35.5. The van der Waals surface area contributed by atoms with Gasteiger partial charge in [-0.15, -0.1) is 11.3 Å². The molecule has 1 N–H and O–H groups in total. The summed E-state index contributed by atoms with van der Waals surface area (Å²) < 4.78 is 12.8. The number of nitro benzene ring substituents is 1. The quantitative estimate of drug-likeness (QED) is 0.228. The van der Waals surface area contributed by atoms with Crippen molar-refractivity contribution in [2.75, 3.05) is 0 Å². The molecule has 0 unspecified atom stereocenters. The van der Waals surface area contributed by atoms with Gasteiger partial charge in [-0.05, 0) is 48.5 Å². The first kappa shape index (κ1) is 26.4. The van der Waals surface area contributed by atoms with Crippen LogP contribution in [0, 0.1) is 21.4 Å². The van der Waals surface area contributed by atoms with Gasteiger partial charge in [-0.25, -0.2) is 0 Å². The average molecular weight is 573 g/mol. The third-order valence-electron chi connectivity index (χ3n) is 5.72. The van der Waals surface area contributed by atoms with Gasteiger partial charge in [0.2, 0.25) is 0 Å². The van der Waals surface area contributed by atoms with Gasteiger partial charge in [0.05, 0.1) is 28.0 Å². The molecule has 0 radical (unpaired) electrons. The molecule has 5 rings (SSSR count). The van der Waals surface area contributed by atoms with E-state index < -0.39 is 16.4 Å². The highest BCUT2D eigenvalue weighted by Gasteiger charge is 2.18. The monoisotopic (exact) mass is 572 g/mol. The first-order valence-electron chi connectivity index (χ1n) is 11.6. The van der Waals surface area contributed by atoms with Crippen molar-refractivity contribution >= 4 is 46.2 Å². The molecule has 3 aromatic heterocycles. The Kier molecular flexibility index (Phi) is 7.46. The number of thiazole rings is 1. The van der Waals surface area contributed by atoms with Gasteiger partial charge >= 0.3 is 0 Å². The molecule has 0 saturated heterocycles. The second kappa shape index (κ2) is 11.3. The fraction of sp³-hybridized carbons (Fsp3) is 0.0357. The molecular formula is C28H17ClN4O6S. The number of benzene rings is 2. The number of carbonyl (C=O) groups is 1. The van der Waals surface area contributed by atoms with Gasteiger partial charge in [0.25, 0.3) is 17.2 Å². The van der Waals surface area contributed by atoms with E-state index in [0.717, 1.165) is 11.3 Å². The fourth-order valence-electron chi connectivity index (χ4n) is 3.85. The van der Waals surface area contributed by atoms with Crippen molar-refractivity contribution in [2.45, 2.75) is 6.54 Å². The van der Waals surface area contributed by atoms with Gasteiger partial charge in [0, 0.05) is 17.7 Å². The highest BCUT2D eigenvalue weighted by molar-refractivity contribution is 7.07. The Morgan fingerprint density at radius 3 is 2.62 bits per heavy atom. The van der Waals surface area contributed by atoms with Crippen molar-refractivity contribution in [2.24, 2.45) is 0 Å². The molecular weight excluding hydrogens is 556 g/mol. The lowest BCUT2D eigenvalue weighted by Crippen LogP contribution is -2.33. The van der Waals surface area contributed by atoms with Crippen LogP contribution in [-0.4, -0.2) is 15.4 Å². The molecule has 10 nitrogen and oxygen atoms in total. The molecule has 3 heterocycles. The number of nitrogens with one attached hydrogen (secondary N) is 1. The van der Waals surface area contributed by atoms with Crippen molar-refractivity contribution in [3.05, 3.63) is 125 Å². The lowest BCUT2D eigenvalue weighted by atomic mass is 10.1. The molecule has 0 atom stereocenters. The molecule has 5 aromatic rings. The molecule has 12 heteroatoms. The van der Waals surface area contributed by atoms with Crippen LogP contribution in [0.25, 0.3) is 28.7 Å². The SMILES string of the molecule is N#C/C(C(=O)NCc1ccco1)=c1/s/c(=C/c2ccc(-c3ccc([N+](=O)[O-])c(Cl)c3)o2)c(=O)n1-c1ccccc1. The summed E-state index contributed by atoms with van der Waals surface area (Å²) in [5.74, 6) is 0.543. The van der Waals surface area contributed by atoms with Crippen molar-refractivity contribution < 1.29 is 18.6 Å². The first-order valence-corrected chi connectivity index (χ1v) is 12.8. The smallest absolute Gasteiger partial charge is 0.287 e. The minimum absolute atomic E-state index is 0.0389. The molecule has 0 aliphatic carbocycles. The standard InChI is InChI=1S/C28H17ClN4O6S/c29-22-13-17(8-10-23(22)33(36)37)24-11-9-19(39-24)14-25-27(35)32(18-5-2-1-3-6-18)28(40-25)21(15-30)26(34)31-16-20-7-4-12-38-20/h1-14H,16H2,(H,31,34)/b25-14+,28-21-. The molecule has 0 spiro atoms. The number of halogens is 1. The number of rotatable bonds is 7. The van der Waals surface area contributed by atoms with Crippen LogP contribution in [-0.2, 0) is 11.3 Å². The van der Waals surface area contributed by atoms with E-state index in [9.17, 15) is 25.0 Å². The van der Waals surface area contributed by atoms with Crippen molar-refractivity contribution in [3.8, 4) is 23.1 Å². The number of hydrogen-bond acceptors (Lipinski definition) is 8. The predicted molar refractivity (Wildman–Crippen MR) is 148 cm³/mol. The maximum Gasteiger partial charge on any atom is 0.287 e. The minimum Gasteiger partial charge on any atom is -0.467 e. The second-order valence-corrected chi connectivity index (χ2v) is 9.70. The Morgan fingerprint density at radius 1 is 1.15 bits per heavy atom. The van der Waals surface area contributed by atoms with E-state index in [1.165, 1.54) is 35.1 Å². The summed E-state index contributed by atoms with van der Waals surface area (Å²) >= 11 is 7.00. The van der Waals surface area contributed by atoms with Gasteiger partial charge in [0.15, 0.2) is 5.57 Å². The predicted octanol–water partition coefficient (Wildman–Crippen LogP) is 4.13. The number of nitro groups is 1. The molecule has 0 fully saturated rings. The summed E-state index contributed by atoms with van der Waals surface area (Å²) in [6.07, 6.45) is 2.98. The Balaban J connectivity index is 1.59. The summed E-state index contributed by atoms with van der Waals surface area (Å²) in [6.45, 7) is 0.0682. The molecule has 0 aliphatic heterocycles. The van der Waals surface area contributed by atoms with Crippen LogP contribution < -0.4 is 20.1 Å². The zero-order chi connectivity index (χ0) is 28.2. The van der Waals surface area contributed by atoms with Crippen molar-refractivity contribution in [1.82, 2.24) is 9.88 Å². The summed E-state index contributed by atoms with van der Waals surface area (Å²) in [6, 6.07) is 21.4. The number of aromatic nitrogens is 1. The Labute approximate surface area is 234 Å². The van der Waals surface area contributed by atoms with E-state index in [2.05, 4.69) is 5.32 Å². The van der Waals surface area contributed by atoms with Gasteiger partial charge in [0.1, 0.15) is 33.0 Å². The fourth-order valence-corrected chi connectivity index (χ4v) is 5.18. The van der Waals surface area contributed by atoms with Crippen LogP contribution in [0.15, 0.2) is 92.7 Å². The van der Waals surface area contributed by atoms with Crippen molar-refractivity contribution in [1.29, 1.82) is 5.26 Å². The number of carbonyl (C=O) groups excluding carboxylic acids is 1. The largest absolute Gasteiger partial charge is 0.467 e. The van der Waals surface area contributed by atoms with Crippen LogP contribution in [0.2, 0.25) is 5.02 Å². The zero-order valence-electron chi connectivity index (χ0n) is 20.4. The van der Waals surface area contributed by atoms with Crippen LogP contribution in [0.1, 0.15) is 11.5 Å². The van der Waals surface area contributed by atoms with E-state index in [-0.39, 0.29) is 32.0 Å². The number of hydrogen-bond donors (Lipinski definition) is 1. The summed E-state index contributed by atoms with van der Waals surface area (Å²) in [5.41, 5.74) is 0.0730. The van der Waals surface area contributed by atoms with Crippen LogP contribution in [0.5, 0.6) is 0 Å². The Bertz CT molecular complexity index is 1950. The minimum atomic E-state index is -0.660. The number of para-hydroxylation sites is 1. The van der Waals surface area contributed by atoms with Gasteiger partial charge < -0.3 is 14.2 Å². The first-order chi connectivity index (χ1) is 19.4. The third kappa shape index (κ3) is 5.35. The Morgan fingerprint density at radius 2 is 1.95 bits per heavy atom. The molecule has 0 saturated carbocycles. The third-order valence-corrected chi connectivity index (χ3v) is 7.12. The molecule has 0 bridgehead atoms. The summed E-state index contributed by atoms with van der Waals surface area (Å²) in [4.78, 5) is 37.0. The molecule has 1 amide bonds. The van der Waals surface area contributed by atoms with Crippen LogP contribution in [0.4, 0.5) is 5.69 Å². The topological polar surface area (TPSA) is 144 Å². The normalized spacial score (nSPS) is 12.2. The van der Waals surface area contributed by atoms with Gasteiger partial charge in [-0.1, -0.05) is 29.8 Å². The lowest BCUT2D eigenvalue weighted by Gasteiger charge is -2.04. The van der Waals surface area contributed by atoms with E-state index in [1.807, 2.05) is 6.07 Å². The number of furan rings is 2. The van der Waals surface area contributed by atoms with E-state index >= 15 is 0 Å². The summed E-state index contributed by atoms with van der Waals surface area (Å²) in [7, 11) is 0. The van der Waals surface area contributed by atoms with Crippen LogP contribution in [0.3, 0.4) is 0 Å². The molecule has 40 heavy (non-hydrogen) atoms. The van der Waals surface area contributed by atoms with Crippen LogP contribution >= 0.6 is 22.9 Å². The lowest BCUT2D eigenvalue weighted by molar-refractivity contribution is -0.384. The zero-order valence-corrected chi connectivity index (χ0v) is 21.9. The van der Waals surface area contributed by atoms with Crippen molar-refractivity contribution in [3.63, 3.8) is 0 Å². The number of nitriles is 1. The summed E-state index contributed by atoms with van der Waals surface area (Å²) in [5, 5.41) is 23.6. The van der Waals surface area contributed by atoms with E-state index in [0.29, 0.717) is 28.5 Å². The maximum atomic E-state index is 13.6. The van der Waals surface area contributed by atoms with Gasteiger partial charge in [-0.2, -0.15) is 5.26 Å². The molecule has 2 aromatic carbocycles. The molecule has 0 aliphatic rings. The van der Waals surface area contributed by atoms with Gasteiger partial charge in [-0.3, -0.25) is 24.3 Å². The number of nitrogens with zero attached hydrogens (tertiary/aromatic N) is 3. The van der Waals surface area contributed by atoms with E-state index in [4.69, 9.17) is 20.4 Å². The average Bonchev–Trinajstić information content (AvgIpc) is 3.70. The highest BCUT2D eigenvalue weighted by Crippen LogP contribution is 2.31. The Hall–Kier alpha value is -5.18. The van der Waals surface area contributed by atoms with E-state index in [1.54, 1.807) is 54.6 Å². The number of amides is 1.